The number of nitrogens with one attached hydrogen (secondary N) is 2. The van der Waals surface area contributed by atoms with Gasteiger partial charge in [-0.15, -0.1) is 0 Å². The van der Waals surface area contributed by atoms with Crippen molar-refractivity contribution in [1.29, 1.82) is 5.26 Å². The molecule has 2 amide bonds. The molecular formula is C15H14ClN3O3. The Labute approximate surface area is 132 Å². The molecule has 1 atom stereocenters. The highest BCUT2D eigenvalue weighted by Crippen LogP contribution is 2.31. The first-order valence-electron chi connectivity index (χ1n) is 6.61. The van der Waals surface area contributed by atoms with Crippen LogP contribution in [0.2, 0.25) is 5.02 Å². The van der Waals surface area contributed by atoms with Crippen LogP contribution in [0, 0.1) is 11.3 Å². The number of carbonyl (C=O) groups excluding carboxylic acids is 2. The minimum absolute atomic E-state index is 0.00466. The zero-order chi connectivity index (χ0) is 16.1. The van der Waals surface area contributed by atoms with Gasteiger partial charge in [0.05, 0.1) is 24.1 Å². The fraction of sp³-hybridized carbons (Fsp3) is 0.267. The maximum Gasteiger partial charge on any atom is 0.338 e. The van der Waals surface area contributed by atoms with Gasteiger partial charge in [0.2, 0.25) is 0 Å². The summed E-state index contributed by atoms with van der Waals surface area (Å²) in [6, 6.07) is 7.72. The standard InChI is InChI=1S/C15H14ClN3O3/c1-9-12(14(20)22-8-4-7-17)13(19-15(21)18-9)10-5-2-3-6-11(10)16/h2-3,5-6,13H,4,8H2,1H3,(H2,18,19,21). The van der Waals surface area contributed by atoms with E-state index in [1.165, 1.54) is 0 Å². The minimum atomic E-state index is -0.697. The fourth-order valence-electron chi connectivity index (χ4n) is 2.17. The second-order valence-electron chi connectivity index (χ2n) is 4.64. The van der Waals surface area contributed by atoms with Crippen molar-refractivity contribution in [1.82, 2.24) is 10.6 Å². The van der Waals surface area contributed by atoms with Gasteiger partial charge in [-0.1, -0.05) is 29.8 Å². The van der Waals surface area contributed by atoms with E-state index in [-0.39, 0.29) is 18.6 Å². The molecule has 1 aliphatic heterocycles. The number of nitrogens with zero attached hydrogens (tertiary/aromatic N) is 1. The van der Waals surface area contributed by atoms with Gasteiger partial charge in [-0.05, 0) is 18.6 Å². The van der Waals surface area contributed by atoms with Crippen LogP contribution in [0.25, 0.3) is 0 Å². The molecule has 6 nitrogen and oxygen atoms in total. The van der Waals surface area contributed by atoms with E-state index < -0.39 is 18.0 Å². The second-order valence-corrected chi connectivity index (χ2v) is 5.04. The molecule has 2 N–H and O–H groups in total. The molecule has 2 rings (SSSR count). The lowest BCUT2D eigenvalue weighted by Crippen LogP contribution is -2.45. The third kappa shape index (κ3) is 3.38. The third-order valence-corrected chi connectivity index (χ3v) is 3.50. The molecule has 7 heteroatoms. The number of hydrogen-bond donors (Lipinski definition) is 2. The van der Waals surface area contributed by atoms with E-state index in [1.807, 2.05) is 6.07 Å². The van der Waals surface area contributed by atoms with Crippen LogP contribution < -0.4 is 10.6 Å². The summed E-state index contributed by atoms with van der Waals surface area (Å²) < 4.78 is 5.07. The van der Waals surface area contributed by atoms with E-state index >= 15 is 0 Å². The van der Waals surface area contributed by atoms with Crippen LogP contribution in [0.3, 0.4) is 0 Å². The van der Waals surface area contributed by atoms with Gasteiger partial charge in [-0.25, -0.2) is 9.59 Å². The molecule has 1 aromatic rings. The molecule has 114 valence electrons. The Hall–Kier alpha value is -2.52. The number of urea groups is 1. The molecule has 0 bridgehead atoms. The lowest BCUT2D eigenvalue weighted by atomic mass is 9.95. The molecule has 1 heterocycles. The minimum Gasteiger partial charge on any atom is -0.461 e. The first-order chi connectivity index (χ1) is 10.5. The van der Waals surface area contributed by atoms with Crippen molar-refractivity contribution in [2.75, 3.05) is 6.61 Å². The predicted molar refractivity (Wildman–Crippen MR) is 79.7 cm³/mol. The first-order valence-corrected chi connectivity index (χ1v) is 6.99. The largest absolute Gasteiger partial charge is 0.461 e. The average Bonchev–Trinajstić information content (AvgIpc) is 2.47. The average molecular weight is 320 g/mol. The van der Waals surface area contributed by atoms with Crippen LogP contribution in [0.15, 0.2) is 35.5 Å². The zero-order valence-corrected chi connectivity index (χ0v) is 12.6. The Bertz CT molecular complexity index is 679. The summed E-state index contributed by atoms with van der Waals surface area (Å²) in [5.41, 5.74) is 1.27. The number of benzene rings is 1. The van der Waals surface area contributed by atoms with Gasteiger partial charge in [-0.2, -0.15) is 5.26 Å². The number of nitriles is 1. The number of carbonyl (C=O) groups is 2. The topological polar surface area (TPSA) is 91.2 Å². The van der Waals surface area contributed by atoms with Crippen LogP contribution in [-0.4, -0.2) is 18.6 Å². The molecule has 1 aromatic carbocycles. The summed E-state index contributed by atoms with van der Waals surface area (Å²) in [6.07, 6.45) is 0.106. The van der Waals surface area contributed by atoms with Crippen LogP contribution in [0.1, 0.15) is 24.9 Å². The summed E-state index contributed by atoms with van der Waals surface area (Å²) >= 11 is 6.16. The first kappa shape index (κ1) is 15.9. The molecule has 0 aromatic heterocycles. The van der Waals surface area contributed by atoms with E-state index in [9.17, 15) is 9.59 Å². The predicted octanol–water partition coefficient (Wildman–Crippen LogP) is 2.42. The van der Waals surface area contributed by atoms with Gasteiger partial charge in [0, 0.05) is 10.7 Å². The number of halogens is 1. The fourth-order valence-corrected chi connectivity index (χ4v) is 2.42. The van der Waals surface area contributed by atoms with Gasteiger partial charge in [0.1, 0.15) is 6.61 Å². The van der Waals surface area contributed by atoms with Crippen molar-refractivity contribution in [2.45, 2.75) is 19.4 Å². The van der Waals surface area contributed by atoms with Crippen molar-refractivity contribution in [2.24, 2.45) is 0 Å². The third-order valence-electron chi connectivity index (χ3n) is 3.15. The van der Waals surface area contributed by atoms with Crippen LogP contribution in [0.4, 0.5) is 4.79 Å². The van der Waals surface area contributed by atoms with Gasteiger partial charge in [0.15, 0.2) is 0 Å². The molecule has 1 unspecified atom stereocenters. The lowest BCUT2D eigenvalue weighted by Gasteiger charge is -2.28. The number of esters is 1. The Morgan fingerprint density at radius 2 is 2.18 bits per heavy atom. The molecule has 0 saturated carbocycles. The maximum atomic E-state index is 12.3. The SMILES string of the molecule is CC1=C(C(=O)OCCC#N)C(c2ccccc2Cl)NC(=O)N1. The number of ether oxygens (including phenoxy) is 1. The molecule has 1 aliphatic rings. The maximum absolute atomic E-state index is 12.3. The van der Waals surface area contributed by atoms with E-state index in [4.69, 9.17) is 21.6 Å². The second kappa shape index (κ2) is 6.96. The molecule has 0 saturated heterocycles. The van der Waals surface area contributed by atoms with E-state index in [0.29, 0.717) is 16.3 Å². The van der Waals surface area contributed by atoms with Gasteiger partial charge < -0.3 is 15.4 Å². The van der Waals surface area contributed by atoms with Gasteiger partial charge in [0.25, 0.3) is 0 Å². The number of allylic oxidation sites excluding steroid dienone is 1. The van der Waals surface area contributed by atoms with Crippen molar-refractivity contribution >= 4 is 23.6 Å². The van der Waals surface area contributed by atoms with E-state index in [2.05, 4.69) is 10.6 Å². The Morgan fingerprint density at radius 3 is 2.86 bits per heavy atom. The number of amides is 2. The Morgan fingerprint density at radius 1 is 1.45 bits per heavy atom. The smallest absolute Gasteiger partial charge is 0.338 e. The van der Waals surface area contributed by atoms with E-state index in [1.54, 1.807) is 31.2 Å². The molecule has 22 heavy (non-hydrogen) atoms. The van der Waals surface area contributed by atoms with Gasteiger partial charge in [-0.3, -0.25) is 0 Å². The number of rotatable bonds is 4. The quantitative estimate of drug-likeness (QED) is 0.658. The molecule has 0 aliphatic carbocycles. The summed E-state index contributed by atoms with van der Waals surface area (Å²) in [6.45, 7) is 1.61. The Balaban J connectivity index is 2.36. The molecular weight excluding hydrogens is 306 g/mol. The molecule has 0 fully saturated rings. The normalized spacial score (nSPS) is 17.3. The van der Waals surface area contributed by atoms with E-state index in [0.717, 1.165) is 0 Å². The Kier molecular flexibility index (Phi) is 5.02. The highest BCUT2D eigenvalue weighted by atomic mass is 35.5. The molecule has 0 spiro atoms. The monoisotopic (exact) mass is 319 g/mol. The molecule has 0 radical (unpaired) electrons. The van der Waals surface area contributed by atoms with Gasteiger partial charge >= 0.3 is 12.0 Å². The van der Waals surface area contributed by atoms with Crippen LogP contribution in [0.5, 0.6) is 0 Å². The summed E-state index contributed by atoms with van der Waals surface area (Å²) in [5, 5.41) is 14.1. The highest BCUT2D eigenvalue weighted by Gasteiger charge is 2.33. The van der Waals surface area contributed by atoms with Crippen molar-refractivity contribution in [3.8, 4) is 6.07 Å². The van der Waals surface area contributed by atoms with Crippen molar-refractivity contribution in [3.63, 3.8) is 0 Å². The van der Waals surface area contributed by atoms with Crippen molar-refractivity contribution in [3.05, 3.63) is 46.1 Å². The zero-order valence-electron chi connectivity index (χ0n) is 11.9. The summed E-state index contributed by atoms with van der Waals surface area (Å²) in [5.74, 6) is -0.592. The number of hydrogen-bond acceptors (Lipinski definition) is 4. The highest BCUT2D eigenvalue weighted by molar-refractivity contribution is 6.31. The lowest BCUT2D eigenvalue weighted by molar-refractivity contribution is -0.139. The summed E-state index contributed by atoms with van der Waals surface area (Å²) in [4.78, 5) is 24.0. The van der Waals surface area contributed by atoms with Crippen LogP contribution in [-0.2, 0) is 9.53 Å². The van der Waals surface area contributed by atoms with Crippen LogP contribution >= 0.6 is 11.6 Å². The summed E-state index contributed by atoms with van der Waals surface area (Å²) in [7, 11) is 0. The van der Waals surface area contributed by atoms with Crippen molar-refractivity contribution < 1.29 is 14.3 Å².